The molecule has 2 heteroatoms. The molecule has 0 aliphatic carbocycles. The van der Waals surface area contributed by atoms with Crippen LogP contribution in [0.15, 0.2) is 29.3 Å². The Balaban J connectivity index is 3.02. The summed E-state index contributed by atoms with van der Waals surface area (Å²) in [5.41, 5.74) is 2.06. The summed E-state index contributed by atoms with van der Waals surface area (Å²) >= 11 is 0. The van der Waals surface area contributed by atoms with E-state index in [4.69, 9.17) is 0 Å². The van der Waals surface area contributed by atoms with Gasteiger partial charge in [-0.05, 0) is 66.5 Å². The molecular formula is C18H26N2. The zero-order chi connectivity index (χ0) is 15.4. The minimum Gasteiger partial charge on any atom is -0.359 e. The third kappa shape index (κ3) is 6.99. The van der Waals surface area contributed by atoms with E-state index < -0.39 is 0 Å². The van der Waals surface area contributed by atoms with Crippen molar-refractivity contribution in [2.45, 2.75) is 59.5 Å². The number of hydrogen-bond donors (Lipinski definition) is 1. The van der Waals surface area contributed by atoms with Crippen LogP contribution in [0.3, 0.4) is 0 Å². The molecule has 2 nitrogen and oxygen atoms in total. The number of amidine groups is 1. The van der Waals surface area contributed by atoms with Gasteiger partial charge in [-0.1, -0.05) is 23.6 Å². The van der Waals surface area contributed by atoms with Crippen LogP contribution in [0.25, 0.3) is 0 Å². The van der Waals surface area contributed by atoms with E-state index in [2.05, 4.69) is 82.7 Å². The lowest BCUT2D eigenvalue weighted by Gasteiger charge is -2.23. The second kappa shape index (κ2) is 6.13. The molecule has 1 aromatic carbocycles. The molecule has 0 aliphatic heterocycles. The molecule has 0 saturated heterocycles. The molecule has 0 aliphatic rings. The quantitative estimate of drug-likeness (QED) is 0.431. The summed E-state index contributed by atoms with van der Waals surface area (Å²) in [6, 6.07) is 8.21. The Kier molecular flexibility index (Phi) is 5.00. The largest absolute Gasteiger partial charge is 0.359 e. The molecule has 0 aromatic heterocycles. The molecule has 0 saturated carbocycles. The van der Waals surface area contributed by atoms with Crippen LogP contribution in [0, 0.1) is 18.8 Å². The second-order valence-corrected chi connectivity index (χ2v) is 7.12. The molecule has 0 amide bonds. The van der Waals surface area contributed by atoms with Crippen LogP contribution in [-0.4, -0.2) is 16.9 Å². The highest BCUT2D eigenvalue weighted by atomic mass is 15.1. The maximum absolute atomic E-state index is 4.66. The van der Waals surface area contributed by atoms with Crippen molar-refractivity contribution >= 4 is 5.84 Å². The standard InChI is InChI=1S/C18H26N2/c1-14-8-10-15(11-9-14)12-13-16(19-17(2,3)4)20-18(5,6)7/h8-11H,1-7H3,(H,19,20). The van der Waals surface area contributed by atoms with Gasteiger partial charge in [0.25, 0.3) is 0 Å². The average Bonchev–Trinajstić information content (AvgIpc) is 2.23. The lowest BCUT2D eigenvalue weighted by atomic mass is 10.1. The summed E-state index contributed by atoms with van der Waals surface area (Å²) in [7, 11) is 0. The molecule has 0 fully saturated rings. The smallest absolute Gasteiger partial charge is 0.175 e. The SMILES string of the molecule is Cc1ccc(C#CC(=NC(C)(C)C)NC(C)(C)C)cc1. The molecule has 20 heavy (non-hydrogen) atoms. The first-order chi connectivity index (χ1) is 9.05. The number of rotatable bonds is 0. The van der Waals surface area contributed by atoms with Crippen LogP contribution >= 0.6 is 0 Å². The summed E-state index contributed by atoms with van der Waals surface area (Å²) in [5.74, 6) is 7.07. The zero-order valence-corrected chi connectivity index (χ0v) is 13.8. The molecule has 1 N–H and O–H groups in total. The topological polar surface area (TPSA) is 24.4 Å². The Morgan fingerprint density at radius 3 is 2.00 bits per heavy atom. The number of nitrogens with one attached hydrogen (secondary N) is 1. The third-order valence-corrected chi connectivity index (χ3v) is 2.32. The molecule has 108 valence electrons. The van der Waals surface area contributed by atoms with Crippen molar-refractivity contribution in [3.8, 4) is 11.8 Å². The number of hydrogen-bond acceptors (Lipinski definition) is 1. The van der Waals surface area contributed by atoms with Gasteiger partial charge in [0.2, 0.25) is 0 Å². The third-order valence-electron chi connectivity index (χ3n) is 2.32. The van der Waals surface area contributed by atoms with Crippen molar-refractivity contribution in [2.75, 3.05) is 0 Å². The van der Waals surface area contributed by atoms with Crippen LogP contribution in [0.4, 0.5) is 0 Å². The summed E-state index contributed by atoms with van der Waals surface area (Å²) in [6.07, 6.45) is 0. The predicted molar refractivity (Wildman–Crippen MR) is 88.1 cm³/mol. The van der Waals surface area contributed by atoms with E-state index in [9.17, 15) is 0 Å². The van der Waals surface area contributed by atoms with Crippen molar-refractivity contribution in [3.05, 3.63) is 35.4 Å². The Labute approximate surface area is 123 Å². The monoisotopic (exact) mass is 270 g/mol. The Hall–Kier alpha value is -1.75. The first-order valence-electron chi connectivity index (χ1n) is 7.02. The van der Waals surface area contributed by atoms with Crippen LogP contribution in [0.1, 0.15) is 52.7 Å². The molecular weight excluding hydrogens is 244 g/mol. The summed E-state index contributed by atoms with van der Waals surface area (Å²) < 4.78 is 0. The summed E-state index contributed by atoms with van der Waals surface area (Å²) in [5, 5.41) is 3.37. The first-order valence-corrected chi connectivity index (χ1v) is 7.02. The van der Waals surface area contributed by atoms with E-state index in [-0.39, 0.29) is 11.1 Å². The van der Waals surface area contributed by atoms with Crippen molar-refractivity contribution in [1.82, 2.24) is 5.32 Å². The van der Waals surface area contributed by atoms with Crippen LogP contribution in [-0.2, 0) is 0 Å². The van der Waals surface area contributed by atoms with E-state index in [1.54, 1.807) is 0 Å². The van der Waals surface area contributed by atoms with Gasteiger partial charge in [-0.3, -0.25) is 4.99 Å². The van der Waals surface area contributed by atoms with Crippen LogP contribution < -0.4 is 5.32 Å². The second-order valence-electron chi connectivity index (χ2n) is 7.12. The van der Waals surface area contributed by atoms with E-state index >= 15 is 0 Å². The Bertz CT molecular complexity index is 526. The fourth-order valence-corrected chi connectivity index (χ4v) is 1.55. The molecule has 1 rings (SSSR count). The fourth-order valence-electron chi connectivity index (χ4n) is 1.55. The predicted octanol–water partition coefficient (Wildman–Crippen LogP) is 3.93. The van der Waals surface area contributed by atoms with Gasteiger partial charge in [-0.15, -0.1) is 0 Å². The number of nitrogens with zero attached hydrogens (tertiary/aromatic N) is 1. The molecule has 0 unspecified atom stereocenters. The van der Waals surface area contributed by atoms with Crippen molar-refractivity contribution in [2.24, 2.45) is 4.99 Å². The summed E-state index contributed by atoms with van der Waals surface area (Å²) in [6.45, 7) is 14.6. The normalized spacial score (nSPS) is 12.7. The molecule has 0 bridgehead atoms. The molecule has 0 spiro atoms. The average molecular weight is 270 g/mol. The van der Waals surface area contributed by atoms with Crippen LogP contribution in [0.2, 0.25) is 0 Å². The van der Waals surface area contributed by atoms with Gasteiger partial charge >= 0.3 is 0 Å². The maximum atomic E-state index is 4.66. The number of benzene rings is 1. The van der Waals surface area contributed by atoms with Crippen LogP contribution in [0.5, 0.6) is 0 Å². The van der Waals surface area contributed by atoms with Gasteiger partial charge in [0, 0.05) is 11.1 Å². The number of aryl methyl sites for hydroxylation is 1. The summed E-state index contributed by atoms with van der Waals surface area (Å²) in [4.78, 5) is 4.66. The molecule has 0 atom stereocenters. The van der Waals surface area contributed by atoms with Gasteiger partial charge in [0.1, 0.15) is 0 Å². The van der Waals surface area contributed by atoms with Crippen molar-refractivity contribution in [3.63, 3.8) is 0 Å². The minimum atomic E-state index is -0.143. The first kappa shape index (κ1) is 16.3. The Morgan fingerprint density at radius 2 is 1.55 bits per heavy atom. The van der Waals surface area contributed by atoms with Gasteiger partial charge in [-0.2, -0.15) is 0 Å². The van der Waals surface area contributed by atoms with Gasteiger partial charge in [0.05, 0.1) is 5.54 Å². The van der Waals surface area contributed by atoms with Crippen molar-refractivity contribution < 1.29 is 0 Å². The van der Waals surface area contributed by atoms with E-state index in [0.29, 0.717) is 0 Å². The van der Waals surface area contributed by atoms with Gasteiger partial charge in [0.15, 0.2) is 5.84 Å². The molecule has 0 heterocycles. The number of aliphatic imine (C=N–C) groups is 1. The highest BCUT2D eigenvalue weighted by molar-refractivity contribution is 5.99. The lowest BCUT2D eigenvalue weighted by Crippen LogP contribution is -2.41. The molecule has 0 radical (unpaired) electrons. The fraction of sp³-hybridized carbons (Fsp3) is 0.500. The van der Waals surface area contributed by atoms with Crippen molar-refractivity contribution in [1.29, 1.82) is 0 Å². The van der Waals surface area contributed by atoms with Gasteiger partial charge < -0.3 is 5.32 Å². The van der Waals surface area contributed by atoms with Gasteiger partial charge in [-0.25, -0.2) is 0 Å². The maximum Gasteiger partial charge on any atom is 0.175 e. The Morgan fingerprint density at radius 1 is 1.00 bits per heavy atom. The highest BCUT2D eigenvalue weighted by Gasteiger charge is 2.14. The minimum absolute atomic E-state index is 0.0496. The van der Waals surface area contributed by atoms with E-state index in [1.165, 1.54) is 5.56 Å². The molecule has 1 aromatic rings. The van der Waals surface area contributed by atoms with E-state index in [1.807, 2.05) is 12.1 Å². The highest BCUT2D eigenvalue weighted by Crippen LogP contribution is 2.08. The van der Waals surface area contributed by atoms with E-state index in [0.717, 1.165) is 11.4 Å². The zero-order valence-electron chi connectivity index (χ0n) is 13.8. The lowest BCUT2D eigenvalue weighted by molar-refractivity contribution is 0.503.